The monoisotopic (exact) mass is 411 g/mol. The van der Waals surface area contributed by atoms with Gasteiger partial charge in [-0.1, -0.05) is 12.1 Å². The molecule has 4 nitrogen and oxygen atoms in total. The largest absolute Gasteiger partial charge is 0.356 e. The smallest absolute Gasteiger partial charge is 0.255 e. The molecule has 148 valence electrons. The van der Waals surface area contributed by atoms with Crippen molar-refractivity contribution in [1.82, 2.24) is 5.32 Å². The molecule has 0 bridgehead atoms. The second kappa shape index (κ2) is 9.25. The first kappa shape index (κ1) is 20.4. The summed E-state index contributed by atoms with van der Waals surface area (Å²) in [6.45, 7) is 1.92. The Morgan fingerprint density at radius 1 is 0.793 bits per heavy atom. The number of hydrogen-bond acceptors (Lipinski definition) is 2. The Labute approximate surface area is 173 Å². The molecule has 0 aliphatic heterocycles. The number of thiocarbonyl (C=S) groups is 1. The predicted molar refractivity (Wildman–Crippen MR) is 115 cm³/mol. The van der Waals surface area contributed by atoms with Crippen LogP contribution in [0.2, 0.25) is 0 Å². The van der Waals surface area contributed by atoms with Crippen molar-refractivity contribution in [2.75, 3.05) is 10.6 Å². The number of amides is 1. The van der Waals surface area contributed by atoms with Gasteiger partial charge in [0.2, 0.25) is 0 Å². The predicted octanol–water partition coefficient (Wildman–Crippen LogP) is 5.26. The third kappa shape index (κ3) is 5.83. The highest BCUT2D eigenvalue weighted by atomic mass is 32.1. The molecule has 0 fully saturated rings. The first-order chi connectivity index (χ1) is 13.9. The number of halogens is 2. The van der Waals surface area contributed by atoms with Crippen LogP contribution in [0.1, 0.15) is 28.9 Å². The van der Waals surface area contributed by atoms with E-state index in [4.69, 9.17) is 12.2 Å². The first-order valence-corrected chi connectivity index (χ1v) is 9.31. The van der Waals surface area contributed by atoms with E-state index in [2.05, 4.69) is 16.0 Å². The number of carbonyl (C=O) groups excluding carboxylic acids is 1. The summed E-state index contributed by atoms with van der Waals surface area (Å²) in [7, 11) is 0. The maximum atomic E-state index is 13.0. The molecule has 3 rings (SSSR count). The van der Waals surface area contributed by atoms with E-state index < -0.39 is 0 Å². The van der Waals surface area contributed by atoms with Crippen molar-refractivity contribution in [2.24, 2.45) is 0 Å². The Balaban J connectivity index is 1.55. The lowest BCUT2D eigenvalue weighted by Crippen LogP contribution is -2.30. The quantitative estimate of drug-likeness (QED) is 0.501. The summed E-state index contributed by atoms with van der Waals surface area (Å²) in [6.07, 6.45) is 0. The van der Waals surface area contributed by atoms with Crippen LogP contribution >= 0.6 is 12.2 Å². The Morgan fingerprint density at radius 3 is 1.86 bits per heavy atom. The van der Waals surface area contributed by atoms with Crippen molar-refractivity contribution in [3.8, 4) is 0 Å². The van der Waals surface area contributed by atoms with Gasteiger partial charge >= 0.3 is 0 Å². The minimum Gasteiger partial charge on any atom is -0.356 e. The fourth-order valence-corrected chi connectivity index (χ4v) is 2.93. The van der Waals surface area contributed by atoms with E-state index in [9.17, 15) is 13.6 Å². The van der Waals surface area contributed by atoms with Crippen LogP contribution in [0.5, 0.6) is 0 Å². The lowest BCUT2D eigenvalue weighted by molar-refractivity contribution is 0.102. The van der Waals surface area contributed by atoms with Crippen molar-refractivity contribution in [2.45, 2.75) is 13.0 Å². The average Bonchev–Trinajstić information content (AvgIpc) is 2.70. The number of nitrogens with one attached hydrogen (secondary N) is 3. The summed E-state index contributed by atoms with van der Waals surface area (Å²) in [5, 5.41) is 9.29. The molecule has 0 aromatic heterocycles. The number of carbonyl (C=O) groups is 1. The van der Waals surface area contributed by atoms with Crippen LogP contribution in [0.25, 0.3) is 0 Å². The van der Waals surface area contributed by atoms with Gasteiger partial charge < -0.3 is 16.0 Å². The SMILES string of the molecule is CC(NC(=S)Nc1ccc(C(=O)Nc2ccc(F)cc2)cc1)c1ccc(F)cc1. The normalized spacial score (nSPS) is 11.4. The number of anilines is 2. The van der Waals surface area contributed by atoms with E-state index in [0.29, 0.717) is 22.1 Å². The molecule has 7 heteroatoms. The molecule has 3 N–H and O–H groups in total. The molecule has 0 aliphatic rings. The molecule has 1 atom stereocenters. The van der Waals surface area contributed by atoms with Crippen LogP contribution in [0.4, 0.5) is 20.2 Å². The number of benzene rings is 3. The third-order valence-corrected chi connectivity index (χ3v) is 4.44. The molecule has 0 saturated carbocycles. The van der Waals surface area contributed by atoms with Gasteiger partial charge in [-0.2, -0.15) is 0 Å². The van der Waals surface area contributed by atoms with Gasteiger partial charge in [-0.25, -0.2) is 8.78 Å². The van der Waals surface area contributed by atoms with E-state index in [1.54, 1.807) is 36.4 Å². The van der Waals surface area contributed by atoms with Crippen LogP contribution in [0.3, 0.4) is 0 Å². The van der Waals surface area contributed by atoms with Crippen molar-refractivity contribution < 1.29 is 13.6 Å². The van der Waals surface area contributed by atoms with Crippen molar-refractivity contribution in [3.63, 3.8) is 0 Å². The highest BCUT2D eigenvalue weighted by molar-refractivity contribution is 7.80. The summed E-state index contributed by atoms with van der Waals surface area (Å²) in [4.78, 5) is 12.3. The van der Waals surface area contributed by atoms with Gasteiger partial charge in [-0.15, -0.1) is 0 Å². The molecule has 0 saturated heterocycles. The van der Waals surface area contributed by atoms with Gasteiger partial charge in [0.15, 0.2) is 5.11 Å². The lowest BCUT2D eigenvalue weighted by Gasteiger charge is -2.17. The fourth-order valence-electron chi connectivity index (χ4n) is 2.64. The molecule has 3 aromatic carbocycles. The molecule has 0 heterocycles. The zero-order chi connectivity index (χ0) is 20.8. The minimum absolute atomic E-state index is 0.101. The van der Waals surface area contributed by atoms with Crippen LogP contribution in [-0.2, 0) is 0 Å². The second-order valence-corrected chi connectivity index (χ2v) is 6.82. The molecular formula is C22H19F2N3OS. The van der Waals surface area contributed by atoms with Gasteiger partial charge in [0.25, 0.3) is 5.91 Å². The zero-order valence-corrected chi connectivity index (χ0v) is 16.4. The van der Waals surface area contributed by atoms with Gasteiger partial charge in [0.05, 0.1) is 6.04 Å². The van der Waals surface area contributed by atoms with E-state index in [1.165, 1.54) is 36.4 Å². The Hall–Kier alpha value is -3.32. The molecule has 1 amide bonds. The highest BCUT2D eigenvalue weighted by Crippen LogP contribution is 2.15. The maximum absolute atomic E-state index is 13.0. The van der Waals surface area contributed by atoms with Crippen molar-refractivity contribution >= 4 is 34.6 Å². The molecule has 1 unspecified atom stereocenters. The Kier molecular flexibility index (Phi) is 6.51. The summed E-state index contributed by atoms with van der Waals surface area (Å²) in [5.41, 5.74) is 2.59. The van der Waals surface area contributed by atoms with E-state index in [-0.39, 0.29) is 23.6 Å². The van der Waals surface area contributed by atoms with E-state index in [1.807, 2.05) is 6.92 Å². The molecule has 0 spiro atoms. The van der Waals surface area contributed by atoms with Crippen LogP contribution in [0.15, 0.2) is 72.8 Å². The molecule has 3 aromatic rings. The third-order valence-electron chi connectivity index (χ3n) is 4.22. The van der Waals surface area contributed by atoms with Crippen molar-refractivity contribution in [3.05, 3.63) is 95.6 Å². The Morgan fingerprint density at radius 2 is 1.28 bits per heavy atom. The van der Waals surface area contributed by atoms with Gasteiger partial charge in [-0.3, -0.25) is 4.79 Å². The average molecular weight is 411 g/mol. The van der Waals surface area contributed by atoms with Crippen molar-refractivity contribution in [1.29, 1.82) is 0 Å². The van der Waals surface area contributed by atoms with Gasteiger partial charge in [-0.05, 0) is 85.4 Å². The van der Waals surface area contributed by atoms with Gasteiger partial charge in [0, 0.05) is 16.9 Å². The highest BCUT2D eigenvalue weighted by Gasteiger charge is 2.09. The van der Waals surface area contributed by atoms with Crippen LogP contribution < -0.4 is 16.0 Å². The number of rotatable bonds is 5. The summed E-state index contributed by atoms with van der Waals surface area (Å²) in [5.74, 6) is -0.948. The maximum Gasteiger partial charge on any atom is 0.255 e. The van der Waals surface area contributed by atoms with Gasteiger partial charge in [0.1, 0.15) is 11.6 Å². The first-order valence-electron chi connectivity index (χ1n) is 8.91. The number of hydrogen-bond donors (Lipinski definition) is 3. The lowest BCUT2D eigenvalue weighted by atomic mass is 10.1. The summed E-state index contributed by atoms with van der Waals surface area (Å²) >= 11 is 5.31. The van der Waals surface area contributed by atoms with E-state index >= 15 is 0 Å². The minimum atomic E-state index is -0.364. The molecule has 0 aliphatic carbocycles. The zero-order valence-electron chi connectivity index (χ0n) is 15.6. The molecule has 0 radical (unpaired) electrons. The van der Waals surface area contributed by atoms with Crippen LogP contribution in [-0.4, -0.2) is 11.0 Å². The molecule has 29 heavy (non-hydrogen) atoms. The second-order valence-electron chi connectivity index (χ2n) is 6.41. The topological polar surface area (TPSA) is 53.2 Å². The standard InChI is InChI=1S/C22H19F2N3OS/c1-14(15-2-6-17(23)7-3-15)25-22(29)27-20-10-4-16(5-11-20)21(28)26-19-12-8-18(24)9-13-19/h2-14H,1H3,(H,26,28)(H2,25,27,29). The van der Waals surface area contributed by atoms with E-state index in [0.717, 1.165) is 5.56 Å². The summed E-state index contributed by atoms with van der Waals surface area (Å²) in [6, 6.07) is 18.4. The fraction of sp³-hybridized carbons (Fsp3) is 0.0909. The molecular weight excluding hydrogens is 392 g/mol. The summed E-state index contributed by atoms with van der Waals surface area (Å²) < 4.78 is 26.0. The van der Waals surface area contributed by atoms with Crippen LogP contribution in [0, 0.1) is 11.6 Å². The Bertz CT molecular complexity index is 990.